The monoisotopic (exact) mass is 514 g/mol. The van der Waals surface area contributed by atoms with E-state index in [9.17, 15) is 18.0 Å². The maximum Gasteiger partial charge on any atom is 0.416 e. The number of aromatic nitrogens is 3. The van der Waals surface area contributed by atoms with Gasteiger partial charge in [0.2, 0.25) is 5.69 Å². The first-order valence-electron chi connectivity index (χ1n) is 11.9. The van der Waals surface area contributed by atoms with E-state index in [1.165, 1.54) is 6.08 Å². The summed E-state index contributed by atoms with van der Waals surface area (Å²) in [5.41, 5.74) is 3.61. The number of carbonyl (C=O) groups is 1. The molecule has 1 fully saturated rings. The molecule has 5 rings (SSSR count). The molecule has 0 saturated heterocycles. The molecule has 0 atom stereocenters. The van der Waals surface area contributed by atoms with Crippen LogP contribution >= 0.6 is 0 Å². The summed E-state index contributed by atoms with van der Waals surface area (Å²) >= 11 is 0. The van der Waals surface area contributed by atoms with Crippen LogP contribution in [0.25, 0.3) is 27.7 Å². The number of allylic oxidation sites excluding steroid dienone is 1. The number of alkyl halides is 3. The lowest BCUT2D eigenvalue weighted by atomic mass is 9.74. The number of benzene rings is 1. The maximum atomic E-state index is 13.4. The zero-order valence-electron chi connectivity index (χ0n) is 20.0. The van der Waals surface area contributed by atoms with Crippen molar-refractivity contribution in [1.82, 2.24) is 14.4 Å². The Bertz CT molecular complexity index is 1620. The normalized spacial score (nSPS) is 14.8. The van der Waals surface area contributed by atoms with E-state index >= 15 is 0 Å². The van der Waals surface area contributed by atoms with Gasteiger partial charge in [0.15, 0.2) is 0 Å². The van der Waals surface area contributed by atoms with E-state index in [1.54, 1.807) is 24.5 Å². The lowest BCUT2D eigenvalue weighted by Gasteiger charge is -2.31. The Balaban J connectivity index is 1.77. The standard InChI is InChI=1S/C29H21F3N4O2/c1-33-23-15-22(29(30,31)32)16-35-28(23)27(19-3-2-4-19)26(21-10-11-24-34-13-14-36(24)17-21)20-8-5-18(6-9-20)7-12-25(37)38/h5-17,19H,2-4H2,(H,37,38)/b12-7+,27-26+. The molecule has 1 N–H and O–H groups in total. The van der Waals surface area contributed by atoms with Crippen LogP contribution in [0.4, 0.5) is 18.9 Å². The van der Waals surface area contributed by atoms with Gasteiger partial charge in [0.1, 0.15) is 5.65 Å². The molecule has 38 heavy (non-hydrogen) atoms. The molecule has 1 aliphatic carbocycles. The summed E-state index contributed by atoms with van der Waals surface area (Å²) < 4.78 is 42.1. The zero-order chi connectivity index (χ0) is 26.9. The van der Waals surface area contributed by atoms with Crippen molar-refractivity contribution < 1.29 is 23.1 Å². The minimum Gasteiger partial charge on any atom is -0.478 e. The van der Waals surface area contributed by atoms with Crippen LogP contribution in [-0.4, -0.2) is 25.4 Å². The van der Waals surface area contributed by atoms with E-state index in [1.807, 2.05) is 34.9 Å². The number of aliphatic carboxylic acids is 1. The lowest BCUT2D eigenvalue weighted by Crippen LogP contribution is -2.17. The third kappa shape index (κ3) is 4.93. The summed E-state index contributed by atoms with van der Waals surface area (Å²) in [6, 6.07) is 11.9. The van der Waals surface area contributed by atoms with Crippen LogP contribution in [0.1, 0.15) is 47.2 Å². The first-order chi connectivity index (χ1) is 18.2. The number of hydrogen-bond acceptors (Lipinski definition) is 3. The average molecular weight is 515 g/mol. The fourth-order valence-corrected chi connectivity index (χ4v) is 4.59. The van der Waals surface area contributed by atoms with Crippen LogP contribution in [-0.2, 0) is 11.0 Å². The highest BCUT2D eigenvalue weighted by Crippen LogP contribution is 2.47. The van der Waals surface area contributed by atoms with Gasteiger partial charge in [-0.25, -0.2) is 14.6 Å². The van der Waals surface area contributed by atoms with E-state index in [2.05, 4.69) is 14.8 Å². The second-order valence-electron chi connectivity index (χ2n) is 9.02. The van der Waals surface area contributed by atoms with Gasteiger partial charge in [-0.05, 0) is 70.9 Å². The SMILES string of the molecule is [C-]#[N+]c1cc(C(F)(F)F)cnc1/C(=C(\c1ccc(/C=C/C(=O)O)cc1)c1ccc2nccn2c1)C1CCC1. The first-order valence-corrected chi connectivity index (χ1v) is 11.9. The Morgan fingerprint density at radius 3 is 2.47 bits per heavy atom. The third-order valence-electron chi connectivity index (χ3n) is 6.65. The molecule has 0 amide bonds. The van der Waals surface area contributed by atoms with Gasteiger partial charge in [0.25, 0.3) is 0 Å². The molecule has 9 heteroatoms. The van der Waals surface area contributed by atoms with Crippen LogP contribution < -0.4 is 0 Å². The van der Waals surface area contributed by atoms with E-state index in [0.29, 0.717) is 5.56 Å². The molecule has 3 aromatic heterocycles. The van der Waals surface area contributed by atoms with Crippen LogP contribution in [0.15, 0.2) is 73.3 Å². The third-order valence-corrected chi connectivity index (χ3v) is 6.65. The number of carboxylic acid groups (broad SMARTS) is 1. The van der Waals surface area contributed by atoms with Crippen molar-refractivity contribution in [3.05, 3.63) is 113 Å². The van der Waals surface area contributed by atoms with Crippen molar-refractivity contribution in [3.8, 4) is 0 Å². The summed E-state index contributed by atoms with van der Waals surface area (Å²) in [5, 5.41) is 8.94. The minimum atomic E-state index is -4.61. The Hall–Kier alpha value is -4.71. The van der Waals surface area contributed by atoms with Gasteiger partial charge in [-0.1, -0.05) is 30.7 Å². The fourth-order valence-electron chi connectivity index (χ4n) is 4.59. The number of fused-ring (bicyclic) bond motifs is 1. The molecule has 1 aromatic carbocycles. The number of imidazole rings is 1. The molecule has 0 bridgehead atoms. The molecule has 3 heterocycles. The van der Waals surface area contributed by atoms with Gasteiger partial charge in [-0.2, -0.15) is 13.2 Å². The highest BCUT2D eigenvalue weighted by molar-refractivity contribution is 6.01. The topological polar surface area (TPSA) is 71.8 Å². The Morgan fingerprint density at radius 1 is 1.11 bits per heavy atom. The van der Waals surface area contributed by atoms with Gasteiger partial charge < -0.3 is 9.51 Å². The molecule has 6 nitrogen and oxygen atoms in total. The van der Waals surface area contributed by atoms with Crippen molar-refractivity contribution in [2.24, 2.45) is 5.92 Å². The van der Waals surface area contributed by atoms with Crippen LogP contribution in [0.3, 0.4) is 0 Å². The predicted octanol–water partition coefficient (Wildman–Crippen LogP) is 7.16. The van der Waals surface area contributed by atoms with Crippen molar-refractivity contribution in [2.75, 3.05) is 0 Å². The van der Waals surface area contributed by atoms with E-state index in [4.69, 9.17) is 11.7 Å². The molecule has 0 unspecified atom stereocenters. The second-order valence-corrected chi connectivity index (χ2v) is 9.02. The summed E-state index contributed by atoms with van der Waals surface area (Å²) in [4.78, 5) is 22.9. The second kappa shape index (κ2) is 9.98. The van der Waals surface area contributed by atoms with Gasteiger partial charge in [0, 0.05) is 30.9 Å². The van der Waals surface area contributed by atoms with E-state index in [-0.39, 0.29) is 17.3 Å². The van der Waals surface area contributed by atoms with Crippen LogP contribution in [0.5, 0.6) is 0 Å². The summed E-state index contributed by atoms with van der Waals surface area (Å²) in [6.45, 7) is 7.67. The Labute approximate surface area is 216 Å². The molecule has 4 aromatic rings. The van der Waals surface area contributed by atoms with Gasteiger partial charge in [0.05, 0.1) is 17.8 Å². The predicted molar refractivity (Wildman–Crippen MR) is 137 cm³/mol. The number of halogens is 3. The van der Waals surface area contributed by atoms with Crippen molar-refractivity contribution >= 4 is 34.5 Å². The van der Waals surface area contributed by atoms with Crippen molar-refractivity contribution in [3.63, 3.8) is 0 Å². The van der Waals surface area contributed by atoms with Gasteiger partial charge in [-0.3, -0.25) is 4.98 Å². The minimum absolute atomic E-state index is 0.0137. The van der Waals surface area contributed by atoms with Gasteiger partial charge >= 0.3 is 12.1 Å². The molecule has 0 radical (unpaired) electrons. The quantitative estimate of drug-likeness (QED) is 0.219. The maximum absolute atomic E-state index is 13.4. The molecule has 190 valence electrons. The Kier molecular flexibility index (Phi) is 6.55. The summed E-state index contributed by atoms with van der Waals surface area (Å²) in [7, 11) is 0. The lowest BCUT2D eigenvalue weighted by molar-refractivity contribution is -0.137. The summed E-state index contributed by atoms with van der Waals surface area (Å²) in [5.74, 6) is -1.05. The highest BCUT2D eigenvalue weighted by atomic mass is 19.4. The Morgan fingerprint density at radius 2 is 1.84 bits per heavy atom. The number of nitrogens with zero attached hydrogens (tertiary/aromatic N) is 4. The zero-order valence-corrected chi connectivity index (χ0v) is 20.0. The van der Waals surface area contributed by atoms with Gasteiger partial charge in [-0.15, -0.1) is 0 Å². The van der Waals surface area contributed by atoms with E-state index < -0.39 is 17.7 Å². The first kappa shape index (κ1) is 25.0. The molecule has 0 spiro atoms. The number of carboxylic acids is 1. The largest absolute Gasteiger partial charge is 0.478 e. The molecule has 1 saturated carbocycles. The highest BCUT2D eigenvalue weighted by Gasteiger charge is 2.34. The van der Waals surface area contributed by atoms with Crippen molar-refractivity contribution in [1.29, 1.82) is 0 Å². The molecule has 0 aliphatic heterocycles. The summed E-state index contributed by atoms with van der Waals surface area (Å²) in [6.07, 6.45) is 6.70. The fraction of sp³-hybridized carbons (Fsp3) is 0.172. The molecular weight excluding hydrogens is 493 g/mol. The smallest absolute Gasteiger partial charge is 0.416 e. The molecule has 1 aliphatic rings. The van der Waals surface area contributed by atoms with E-state index in [0.717, 1.165) is 65.5 Å². The number of pyridine rings is 2. The number of rotatable bonds is 6. The average Bonchev–Trinajstić information content (AvgIpc) is 3.34. The number of hydrogen-bond donors (Lipinski definition) is 1. The van der Waals surface area contributed by atoms with Crippen molar-refractivity contribution in [2.45, 2.75) is 25.4 Å². The molecular formula is C29H21F3N4O2. The van der Waals surface area contributed by atoms with Crippen LogP contribution in [0, 0.1) is 12.5 Å². The van der Waals surface area contributed by atoms with Crippen LogP contribution in [0.2, 0.25) is 0 Å².